The molecule has 0 saturated heterocycles. The molecule has 3 aromatic heterocycles. The van der Waals surface area contributed by atoms with Gasteiger partial charge < -0.3 is 5.32 Å². The molecule has 1 N–H and O–H groups in total. The Morgan fingerprint density at radius 3 is 2.94 bits per heavy atom. The van der Waals surface area contributed by atoms with Crippen molar-refractivity contribution in [1.82, 2.24) is 24.3 Å². The van der Waals surface area contributed by atoms with Crippen LogP contribution in [0.25, 0.3) is 4.96 Å². The van der Waals surface area contributed by atoms with Crippen LogP contribution in [0.5, 0.6) is 0 Å². The van der Waals surface area contributed by atoms with E-state index in [4.69, 9.17) is 0 Å². The first-order valence-corrected chi connectivity index (χ1v) is 6.01. The van der Waals surface area contributed by atoms with Gasteiger partial charge in [0.05, 0.1) is 11.7 Å². The van der Waals surface area contributed by atoms with Crippen LogP contribution in [-0.2, 0) is 0 Å². The summed E-state index contributed by atoms with van der Waals surface area (Å²) in [5, 5.41) is 5.19. The molecule has 17 heavy (non-hydrogen) atoms. The number of fused-ring (bicyclic) bond motifs is 1. The Kier molecular flexibility index (Phi) is 2.45. The van der Waals surface area contributed by atoms with Crippen molar-refractivity contribution in [2.24, 2.45) is 0 Å². The Labute approximate surface area is 101 Å². The van der Waals surface area contributed by atoms with Gasteiger partial charge in [-0.2, -0.15) is 0 Å². The summed E-state index contributed by atoms with van der Waals surface area (Å²) in [7, 11) is 0. The Bertz CT molecular complexity index is 587. The minimum absolute atomic E-state index is 0.0597. The smallest absolute Gasteiger partial charge is 0.226 e. The van der Waals surface area contributed by atoms with Gasteiger partial charge in [0, 0.05) is 17.8 Å². The van der Waals surface area contributed by atoms with Crippen molar-refractivity contribution < 1.29 is 0 Å². The summed E-state index contributed by atoms with van der Waals surface area (Å²) in [6.07, 6.45) is 6.93. The fraction of sp³-hybridized carbons (Fsp3) is 0.200. The number of hydrogen-bond acceptors (Lipinski definition) is 6. The first-order valence-electron chi connectivity index (χ1n) is 5.13. The van der Waals surface area contributed by atoms with Gasteiger partial charge in [-0.1, -0.05) is 0 Å². The third-order valence-electron chi connectivity index (χ3n) is 2.39. The molecule has 0 bridgehead atoms. The van der Waals surface area contributed by atoms with Gasteiger partial charge in [0.1, 0.15) is 12.7 Å². The molecule has 86 valence electrons. The minimum Gasteiger partial charge on any atom is -0.346 e. The molecule has 0 fully saturated rings. The molecule has 3 rings (SSSR count). The normalized spacial score (nSPS) is 12.8. The minimum atomic E-state index is 0.0597. The quantitative estimate of drug-likeness (QED) is 0.762. The van der Waals surface area contributed by atoms with Crippen molar-refractivity contribution in [1.29, 1.82) is 0 Å². The highest BCUT2D eigenvalue weighted by molar-refractivity contribution is 7.15. The van der Waals surface area contributed by atoms with E-state index in [1.54, 1.807) is 11.3 Å². The van der Waals surface area contributed by atoms with Gasteiger partial charge in [-0.3, -0.25) is 4.40 Å². The van der Waals surface area contributed by atoms with Crippen molar-refractivity contribution in [3.63, 3.8) is 0 Å². The number of thiazole rings is 1. The number of anilines is 1. The molecule has 0 aromatic carbocycles. The fourth-order valence-corrected chi connectivity index (χ4v) is 2.24. The molecule has 7 heteroatoms. The predicted molar refractivity (Wildman–Crippen MR) is 64.9 cm³/mol. The highest BCUT2D eigenvalue weighted by atomic mass is 32.1. The van der Waals surface area contributed by atoms with Gasteiger partial charge in [-0.15, -0.1) is 11.3 Å². The fourth-order valence-electron chi connectivity index (χ4n) is 1.54. The maximum absolute atomic E-state index is 4.52. The summed E-state index contributed by atoms with van der Waals surface area (Å²) in [5.74, 6) is 0.559. The Morgan fingerprint density at radius 2 is 2.18 bits per heavy atom. The Morgan fingerprint density at radius 1 is 1.35 bits per heavy atom. The van der Waals surface area contributed by atoms with Gasteiger partial charge >= 0.3 is 0 Å². The summed E-state index contributed by atoms with van der Waals surface area (Å²) in [5.41, 5.74) is 0.970. The molecule has 0 amide bonds. The number of imidazole rings is 1. The van der Waals surface area contributed by atoms with Crippen LogP contribution in [0.2, 0.25) is 0 Å². The highest BCUT2D eigenvalue weighted by Gasteiger charge is 2.11. The molecular weight excluding hydrogens is 236 g/mol. The maximum atomic E-state index is 4.52. The third kappa shape index (κ3) is 1.96. The molecule has 1 atom stereocenters. The molecular formula is C10H10N6S. The Hall–Kier alpha value is -2.02. The van der Waals surface area contributed by atoms with Gasteiger partial charge in [0.25, 0.3) is 0 Å². The van der Waals surface area contributed by atoms with Gasteiger partial charge in [0.2, 0.25) is 5.95 Å². The van der Waals surface area contributed by atoms with Crippen LogP contribution >= 0.6 is 11.3 Å². The summed E-state index contributed by atoms with van der Waals surface area (Å²) >= 11 is 1.61. The van der Waals surface area contributed by atoms with E-state index in [1.807, 2.05) is 29.1 Å². The zero-order valence-electron chi connectivity index (χ0n) is 9.11. The van der Waals surface area contributed by atoms with Crippen molar-refractivity contribution in [3.8, 4) is 0 Å². The molecule has 3 aromatic rings. The lowest BCUT2D eigenvalue weighted by Crippen LogP contribution is -2.09. The molecule has 0 aliphatic carbocycles. The van der Waals surface area contributed by atoms with E-state index in [0.717, 1.165) is 10.7 Å². The molecule has 0 aliphatic heterocycles. The van der Waals surface area contributed by atoms with Gasteiger partial charge in [0.15, 0.2) is 4.96 Å². The first-order chi connectivity index (χ1) is 8.33. The standard InChI is InChI=1S/C10H10N6S/c1-7(14-9-12-5-11-6-13-9)8-4-16-2-3-17-10(16)15-8/h2-7H,1H3,(H,11,12,13,14)/t7-/m1/s1. The van der Waals surface area contributed by atoms with Gasteiger partial charge in [-0.25, -0.2) is 19.9 Å². The topological polar surface area (TPSA) is 68.0 Å². The van der Waals surface area contributed by atoms with E-state index in [-0.39, 0.29) is 6.04 Å². The van der Waals surface area contributed by atoms with E-state index in [0.29, 0.717) is 5.95 Å². The molecule has 6 nitrogen and oxygen atoms in total. The zero-order valence-corrected chi connectivity index (χ0v) is 9.92. The van der Waals surface area contributed by atoms with Crippen molar-refractivity contribution in [3.05, 3.63) is 36.1 Å². The van der Waals surface area contributed by atoms with Crippen LogP contribution in [0.3, 0.4) is 0 Å². The molecule has 0 unspecified atom stereocenters. The molecule has 0 spiro atoms. The summed E-state index contributed by atoms with van der Waals surface area (Å²) in [4.78, 5) is 17.3. The summed E-state index contributed by atoms with van der Waals surface area (Å²) in [6, 6.07) is 0.0597. The molecule has 0 radical (unpaired) electrons. The van der Waals surface area contributed by atoms with E-state index >= 15 is 0 Å². The number of rotatable bonds is 3. The monoisotopic (exact) mass is 246 g/mol. The van der Waals surface area contributed by atoms with Crippen molar-refractivity contribution >= 4 is 22.2 Å². The SMILES string of the molecule is C[C@@H](Nc1ncncn1)c1cn2ccsc2n1. The van der Waals surface area contributed by atoms with Crippen molar-refractivity contribution in [2.75, 3.05) is 5.32 Å². The number of aromatic nitrogens is 5. The van der Waals surface area contributed by atoms with Crippen LogP contribution in [0, 0.1) is 0 Å². The average Bonchev–Trinajstić information content (AvgIpc) is 2.90. The lowest BCUT2D eigenvalue weighted by molar-refractivity contribution is 0.826. The van der Waals surface area contributed by atoms with E-state index in [1.165, 1.54) is 12.7 Å². The van der Waals surface area contributed by atoms with Crippen molar-refractivity contribution in [2.45, 2.75) is 13.0 Å². The predicted octanol–water partition coefficient (Wildman–Crippen LogP) is 1.75. The second-order valence-corrected chi connectivity index (χ2v) is 4.46. The zero-order chi connectivity index (χ0) is 11.7. The van der Waals surface area contributed by atoms with Crippen LogP contribution < -0.4 is 5.32 Å². The first kappa shape index (κ1) is 10.2. The second kappa shape index (κ2) is 4.10. The summed E-state index contributed by atoms with van der Waals surface area (Å²) in [6.45, 7) is 2.02. The van der Waals surface area contributed by atoms with E-state index < -0.39 is 0 Å². The largest absolute Gasteiger partial charge is 0.346 e. The van der Waals surface area contributed by atoms with E-state index in [2.05, 4.69) is 25.3 Å². The summed E-state index contributed by atoms with van der Waals surface area (Å²) < 4.78 is 2.01. The second-order valence-electron chi connectivity index (χ2n) is 3.59. The maximum Gasteiger partial charge on any atom is 0.226 e. The van der Waals surface area contributed by atoms with Crippen LogP contribution in [0.4, 0.5) is 5.95 Å². The van der Waals surface area contributed by atoms with E-state index in [9.17, 15) is 0 Å². The number of hydrogen-bond donors (Lipinski definition) is 1. The third-order valence-corrected chi connectivity index (χ3v) is 3.17. The van der Waals surface area contributed by atoms with Crippen LogP contribution in [-0.4, -0.2) is 24.3 Å². The molecule has 0 aliphatic rings. The molecule has 0 saturated carbocycles. The van der Waals surface area contributed by atoms with Crippen LogP contribution in [0.15, 0.2) is 30.4 Å². The number of nitrogens with zero attached hydrogens (tertiary/aromatic N) is 5. The molecule has 3 heterocycles. The lowest BCUT2D eigenvalue weighted by atomic mass is 10.2. The lowest BCUT2D eigenvalue weighted by Gasteiger charge is -2.09. The average molecular weight is 246 g/mol. The number of nitrogens with one attached hydrogen (secondary N) is 1. The van der Waals surface area contributed by atoms with Crippen LogP contribution in [0.1, 0.15) is 18.7 Å². The highest BCUT2D eigenvalue weighted by Crippen LogP contribution is 2.18. The van der Waals surface area contributed by atoms with Gasteiger partial charge in [-0.05, 0) is 6.92 Å². The Balaban J connectivity index is 1.82.